The van der Waals surface area contributed by atoms with E-state index in [0.717, 1.165) is 55.5 Å². The van der Waals surface area contributed by atoms with Crippen LogP contribution in [0.25, 0.3) is 11.3 Å². The van der Waals surface area contributed by atoms with Crippen LogP contribution in [0.3, 0.4) is 0 Å². The lowest BCUT2D eigenvalue weighted by Crippen LogP contribution is -2.30. The number of nitrogens with zero attached hydrogens (tertiary/aromatic N) is 3. The Bertz CT molecular complexity index is 1180. The summed E-state index contributed by atoms with van der Waals surface area (Å²) >= 11 is 0. The quantitative estimate of drug-likeness (QED) is 0.581. The van der Waals surface area contributed by atoms with Crippen LogP contribution in [0.5, 0.6) is 0 Å². The van der Waals surface area contributed by atoms with E-state index in [9.17, 15) is 21.6 Å². The zero-order valence-electron chi connectivity index (χ0n) is 17.0. The summed E-state index contributed by atoms with van der Waals surface area (Å²) in [4.78, 5) is 1.74. The molecule has 0 spiro atoms. The smallest absolute Gasteiger partial charge is 0.355 e. The monoisotopic (exact) mass is 462 g/mol. The number of hydrogen-bond acceptors (Lipinski definition) is 5. The Labute approximate surface area is 184 Å². The first-order valence-corrected chi connectivity index (χ1v) is 11.6. The van der Waals surface area contributed by atoms with Crippen molar-refractivity contribution in [3.8, 4) is 11.3 Å². The van der Waals surface area contributed by atoms with E-state index in [1.54, 1.807) is 12.1 Å². The molecule has 1 fully saturated rings. The fourth-order valence-corrected chi connectivity index (χ4v) is 4.64. The maximum Gasteiger partial charge on any atom is 0.416 e. The third-order valence-electron chi connectivity index (χ3n) is 5.24. The molecule has 1 aliphatic heterocycles. The number of rotatable bonds is 5. The predicted molar refractivity (Wildman–Crippen MR) is 116 cm³/mol. The highest BCUT2D eigenvalue weighted by atomic mass is 32.2. The molecular formula is C22H21F3N4O2S. The first-order valence-electron chi connectivity index (χ1n) is 10.1. The zero-order valence-corrected chi connectivity index (χ0v) is 17.8. The van der Waals surface area contributed by atoms with E-state index in [1.807, 2.05) is 12.1 Å². The van der Waals surface area contributed by atoms with E-state index in [2.05, 4.69) is 19.8 Å². The van der Waals surface area contributed by atoms with Gasteiger partial charge in [-0.1, -0.05) is 18.2 Å². The van der Waals surface area contributed by atoms with Crippen LogP contribution < -0.4 is 9.62 Å². The van der Waals surface area contributed by atoms with Gasteiger partial charge >= 0.3 is 6.18 Å². The van der Waals surface area contributed by atoms with E-state index in [0.29, 0.717) is 11.8 Å². The van der Waals surface area contributed by atoms with Gasteiger partial charge < -0.3 is 4.90 Å². The Balaban J connectivity index is 1.48. The van der Waals surface area contributed by atoms with Gasteiger partial charge in [0.05, 0.1) is 16.2 Å². The first-order chi connectivity index (χ1) is 15.2. The molecule has 4 rings (SSSR count). The molecule has 0 bridgehead atoms. The fourth-order valence-electron chi connectivity index (χ4n) is 3.53. The maximum absolute atomic E-state index is 12.9. The number of nitrogens with one attached hydrogen (secondary N) is 1. The van der Waals surface area contributed by atoms with Crippen molar-refractivity contribution in [2.45, 2.75) is 30.3 Å². The van der Waals surface area contributed by atoms with Crippen LogP contribution in [-0.4, -0.2) is 31.7 Å². The van der Waals surface area contributed by atoms with Gasteiger partial charge in [-0.05, 0) is 61.7 Å². The number of benzene rings is 2. The van der Waals surface area contributed by atoms with Gasteiger partial charge in [0.25, 0.3) is 10.0 Å². The third-order valence-corrected chi connectivity index (χ3v) is 6.61. The second kappa shape index (κ2) is 8.78. The molecule has 0 aliphatic carbocycles. The van der Waals surface area contributed by atoms with Gasteiger partial charge in [0.2, 0.25) is 0 Å². The molecule has 0 radical (unpaired) electrons. The standard InChI is InChI=1S/C22H21F3N4O2S/c23-22(24,25)17-5-4-6-19(15-17)32(30,31)28-18-9-7-16(8-10-18)20-11-12-21(27-26-20)29-13-2-1-3-14-29/h4-12,15,28H,1-3,13-14H2. The minimum Gasteiger partial charge on any atom is -0.355 e. The summed E-state index contributed by atoms with van der Waals surface area (Å²) in [5, 5.41) is 8.57. The number of halogens is 3. The molecule has 0 amide bonds. The van der Waals surface area contributed by atoms with Gasteiger partial charge in [-0.3, -0.25) is 4.72 Å². The van der Waals surface area contributed by atoms with Gasteiger partial charge in [-0.2, -0.15) is 13.2 Å². The molecule has 168 valence electrons. The van der Waals surface area contributed by atoms with Crippen molar-refractivity contribution >= 4 is 21.5 Å². The Morgan fingerprint density at radius 2 is 1.59 bits per heavy atom. The fraction of sp³-hybridized carbons (Fsp3) is 0.273. The van der Waals surface area contributed by atoms with Crippen LogP contribution in [0.4, 0.5) is 24.7 Å². The third kappa shape index (κ3) is 5.01. The van der Waals surface area contributed by atoms with Gasteiger partial charge in [-0.15, -0.1) is 10.2 Å². The summed E-state index contributed by atoms with van der Waals surface area (Å²) in [5.74, 6) is 0.832. The van der Waals surface area contributed by atoms with Crippen molar-refractivity contribution in [3.05, 3.63) is 66.2 Å². The molecule has 32 heavy (non-hydrogen) atoms. The number of hydrogen-bond donors (Lipinski definition) is 1. The van der Waals surface area contributed by atoms with Crippen molar-refractivity contribution in [2.75, 3.05) is 22.7 Å². The summed E-state index contributed by atoms with van der Waals surface area (Å²) in [5.41, 5.74) is 0.578. The summed E-state index contributed by atoms with van der Waals surface area (Å²) in [6.07, 6.45) is -1.12. The highest BCUT2D eigenvalue weighted by Crippen LogP contribution is 2.31. The molecule has 0 saturated carbocycles. The van der Waals surface area contributed by atoms with Gasteiger partial charge in [0, 0.05) is 24.3 Å². The molecule has 10 heteroatoms. The number of sulfonamides is 1. The number of aromatic nitrogens is 2. The van der Waals surface area contributed by atoms with Crippen LogP contribution in [0.2, 0.25) is 0 Å². The number of piperidine rings is 1. The molecule has 1 saturated heterocycles. The molecule has 2 aromatic carbocycles. The van der Waals surface area contributed by atoms with Crippen molar-refractivity contribution in [3.63, 3.8) is 0 Å². The zero-order chi connectivity index (χ0) is 22.8. The van der Waals surface area contributed by atoms with E-state index < -0.39 is 26.7 Å². The molecule has 6 nitrogen and oxygen atoms in total. The number of alkyl halides is 3. The van der Waals surface area contributed by atoms with Crippen LogP contribution in [0.15, 0.2) is 65.6 Å². The Kier molecular flexibility index (Phi) is 6.05. The first kappa shape index (κ1) is 22.1. The second-order valence-corrected chi connectivity index (χ2v) is 9.22. The minimum atomic E-state index is -4.63. The van der Waals surface area contributed by atoms with Crippen molar-refractivity contribution in [1.29, 1.82) is 0 Å². The lowest BCUT2D eigenvalue weighted by Gasteiger charge is -2.27. The molecule has 1 N–H and O–H groups in total. The van der Waals surface area contributed by atoms with Gasteiger partial charge in [-0.25, -0.2) is 8.42 Å². The van der Waals surface area contributed by atoms with Gasteiger partial charge in [0.15, 0.2) is 5.82 Å². The topological polar surface area (TPSA) is 75.2 Å². The van der Waals surface area contributed by atoms with E-state index in [-0.39, 0.29) is 5.69 Å². The summed E-state index contributed by atoms with van der Waals surface area (Å²) in [6, 6.07) is 13.8. The molecule has 3 aromatic rings. The van der Waals surface area contributed by atoms with E-state index in [4.69, 9.17) is 0 Å². The lowest BCUT2D eigenvalue weighted by molar-refractivity contribution is -0.137. The Morgan fingerprint density at radius 1 is 0.875 bits per heavy atom. The Morgan fingerprint density at radius 3 is 2.22 bits per heavy atom. The van der Waals surface area contributed by atoms with Gasteiger partial charge in [0.1, 0.15) is 0 Å². The van der Waals surface area contributed by atoms with Crippen LogP contribution in [0, 0.1) is 0 Å². The SMILES string of the molecule is O=S(=O)(Nc1ccc(-c2ccc(N3CCCCC3)nn2)cc1)c1cccc(C(F)(F)F)c1. The van der Waals surface area contributed by atoms with Crippen molar-refractivity contribution < 1.29 is 21.6 Å². The summed E-state index contributed by atoms with van der Waals surface area (Å²) < 4.78 is 66.0. The van der Waals surface area contributed by atoms with Crippen LogP contribution in [0.1, 0.15) is 24.8 Å². The lowest BCUT2D eigenvalue weighted by atomic mass is 10.1. The minimum absolute atomic E-state index is 0.226. The predicted octanol–water partition coefficient (Wildman–Crippen LogP) is 4.95. The normalized spacial score (nSPS) is 14.9. The van der Waals surface area contributed by atoms with E-state index >= 15 is 0 Å². The average Bonchev–Trinajstić information content (AvgIpc) is 2.80. The highest BCUT2D eigenvalue weighted by molar-refractivity contribution is 7.92. The summed E-state index contributed by atoms with van der Waals surface area (Å²) in [6.45, 7) is 1.93. The van der Waals surface area contributed by atoms with Crippen molar-refractivity contribution in [1.82, 2.24) is 10.2 Å². The Hall–Kier alpha value is -3.14. The highest BCUT2D eigenvalue weighted by Gasteiger charge is 2.31. The molecule has 1 aromatic heterocycles. The van der Waals surface area contributed by atoms with Crippen LogP contribution >= 0.6 is 0 Å². The second-order valence-electron chi connectivity index (χ2n) is 7.53. The maximum atomic E-state index is 12.9. The molecule has 0 atom stereocenters. The summed E-state index contributed by atoms with van der Waals surface area (Å²) in [7, 11) is -4.18. The van der Waals surface area contributed by atoms with Crippen LogP contribution in [-0.2, 0) is 16.2 Å². The molecule has 2 heterocycles. The van der Waals surface area contributed by atoms with E-state index in [1.165, 1.54) is 18.6 Å². The number of anilines is 2. The average molecular weight is 462 g/mol. The largest absolute Gasteiger partial charge is 0.416 e. The molecule has 0 unspecified atom stereocenters. The van der Waals surface area contributed by atoms with Crippen molar-refractivity contribution in [2.24, 2.45) is 0 Å². The molecular weight excluding hydrogens is 441 g/mol. The molecule has 1 aliphatic rings.